The Kier molecular flexibility index (Phi) is 2.19. The van der Waals surface area contributed by atoms with Crippen molar-refractivity contribution in [1.29, 1.82) is 0 Å². The first-order valence-electron chi connectivity index (χ1n) is 4.72. The molecule has 1 fully saturated rings. The molecule has 0 aromatic carbocycles. The Morgan fingerprint density at radius 1 is 1.79 bits per heavy atom. The first-order valence-corrected chi connectivity index (χ1v) is 4.72. The third kappa shape index (κ3) is 1.72. The predicted molar refractivity (Wildman–Crippen MR) is 49.7 cm³/mol. The average molecular weight is 198 g/mol. The molecular formula is C9H14N2O3. The van der Waals surface area contributed by atoms with Gasteiger partial charge < -0.3 is 9.57 Å². The van der Waals surface area contributed by atoms with Crippen molar-refractivity contribution in [2.75, 3.05) is 6.54 Å². The van der Waals surface area contributed by atoms with Crippen LogP contribution in [0.2, 0.25) is 0 Å². The predicted octanol–water partition coefficient (Wildman–Crippen LogP) is 0.404. The molecular weight excluding hydrogens is 184 g/mol. The van der Waals surface area contributed by atoms with Gasteiger partial charge in [0.1, 0.15) is 0 Å². The highest BCUT2D eigenvalue weighted by Gasteiger charge is 2.46. The van der Waals surface area contributed by atoms with Crippen LogP contribution in [0.3, 0.4) is 0 Å². The minimum absolute atomic E-state index is 0.228. The number of ether oxygens (including phenoxy) is 1. The van der Waals surface area contributed by atoms with Crippen LogP contribution >= 0.6 is 0 Å². The molecule has 0 aromatic rings. The lowest BCUT2D eigenvalue weighted by molar-refractivity contribution is -0.147. The lowest BCUT2D eigenvalue weighted by Gasteiger charge is -2.18. The Morgan fingerprint density at radius 3 is 3.14 bits per heavy atom. The summed E-state index contributed by atoms with van der Waals surface area (Å²) in [5.41, 5.74) is 0.722. The summed E-state index contributed by atoms with van der Waals surface area (Å²) >= 11 is 0. The first kappa shape index (κ1) is 9.45. The van der Waals surface area contributed by atoms with Gasteiger partial charge in [0.2, 0.25) is 0 Å². The topological polar surface area (TPSA) is 59.9 Å². The van der Waals surface area contributed by atoms with Crippen molar-refractivity contribution < 1.29 is 14.4 Å². The lowest BCUT2D eigenvalue weighted by Crippen LogP contribution is -2.31. The molecule has 0 saturated carbocycles. The van der Waals surface area contributed by atoms with Gasteiger partial charge in [-0.15, -0.1) is 0 Å². The number of hydrogen-bond acceptors (Lipinski definition) is 5. The molecule has 2 rings (SSSR count). The minimum atomic E-state index is -0.274. The number of carbonyl (C=O) groups is 1. The van der Waals surface area contributed by atoms with Gasteiger partial charge in [0.15, 0.2) is 11.8 Å². The van der Waals surface area contributed by atoms with Crippen LogP contribution < -0.4 is 5.32 Å². The SMILES string of the molecule is CC(=O)OC1CC2(CN1)CC(C)=NO2. The fraction of sp³-hybridized carbons (Fsp3) is 0.778. The van der Waals surface area contributed by atoms with Crippen molar-refractivity contribution in [2.24, 2.45) is 5.16 Å². The smallest absolute Gasteiger partial charge is 0.304 e. The average Bonchev–Trinajstić information content (AvgIpc) is 2.60. The summed E-state index contributed by atoms with van der Waals surface area (Å²) < 4.78 is 5.05. The zero-order valence-electron chi connectivity index (χ0n) is 8.37. The summed E-state index contributed by atoms with van der Waals surface area (Å²) in [5, 5.41) is 7.02. The monoisotopic (exact) mass is 198 g/mol. The van der Waals surface area contributed by atoms with Crippen molar-refractivity contribution in [3.63, 3.8) is 0 Å². The zero-order valence-corrected chi connectivity index (χ0v) is 8.37. The van der Waals surface area contributed by atoms with Crippen molar-refractivity contribution in [1.82, 2.24) is 5.32 Å². The quantitative estimate of drug-likeness (QED) is 0.620. The van der Waals surface area contributed by atoms with E-state index in [0.29, 0.717) is 13.0 Å². The molecule has 1 spiro atoms. The Labute approximate surface area is 82.4 Å². The standard InChI is InChI=1S/C9H14N2O3/c1-6-3-9(14-11-6)4-8(10-5-9)13-7(2)12/h8,10H,3-5H2,1-2H3. The maximum atomic E-state index is 10.7. The largest absolute Gasteiger partial charge is 0.447 e. The van der Waals surface area contributed by atoms with Gasteiger partial charge in [0.05, 0.1) is 5.71 Å². The number of esters is 1. The van der Waals surface area contributed by atoms with E-state index < -0.39 is 0 Å². The van der Waals surface area contributed by atoms with E-state index in [2.05, 4.69) is 10.5 Å². The number of hydrogen-bond donors (Lipinski definition) is 1. The second kappa shape index (κ2) is 3.24. The van der Waals surface area contributed by atoms with Gasteiger partial charge in [-0.2, -0.15) is 0 Å². The molecule has 0 amide bonds. The number of carbonyl (C=O) groups excluding carboxylic acids is 1. The third-order valence-electron chi connectivity index (χ3n) is 2.49. The molecule has 14 heavy (non-hydrogen) atoms. The molecule has 0 aliphatic carbocycles. The van der Waals surface area contributed by atoms with Gasteiger partial charge in [-0.25, -0.2) is 0 Å². The summed E-state index contributed by atoms with van der Waals surface area (Å²) in [6.07, 6.45) is 1.26. The highest BCUT2D eigenvalue weighted by Crippen LogP contribution is 2.32. The fourth-order valence-electron chi connectivity index (χ4n) is 1.98. The van der Waals surface area contributed by atoms with Gasteiger partial charge in [-0.05, 0) is 6.92 Å². The van der Waals surface area contributed by atoms with Gasteiger partial charge in [-0.3, -0.25) is 10.1 Å². The first-order chi connectivity index (χ1) is 6.60. The van der Waals surface area contributed by atoms with Crippen LogP contribution in [-0.4, -0.2) is 30.1 Å². The number of rotatable bonds is 1. The molecule has 2 unspecified atom stereocenters. The second-order valence-corrected chi connectivity index (χ2v) is 3.96. The lowest BCUT2D eigenvalue weighted by atomic mass is 9.97. The van der Waals surface area contributed by atoms with Gasteiger partial charge in [-0.1, -0.05) is 5.16 Å². The Morgan fingerprint density at radius 2 is 2.57 bits per heavy atom. The van der Waals surface area contributed by atoms with E-state index in [1.807, 2.05) is 6.92 Å². The molecule has 0 radical (unpaired) electrons. The van der Waals surface area contributed by atoms with Crippen LogP contribution in [0.25, 0.3) is 0 Å². The summed E-state index contributed by atoms with van der Waals surface area (Å²) in [6.45, 7) is 4.03. The van der Waals surface area contributed by atoms with Crippen LogP contribution in [0.1, 0.15) is 26.7 Å². The van der Waals surface area contributed by atoms with Crippen molar-refractivity contribution >= 4 is 11.7 Å². The van der Waals surface area contributed by atoms with Crippen LogP contribution in [0.5, 0.6) is 0 Å². The van der Waals surface area contributed by atoms with Crippen molar-refractivity contribution in [2.45, 2.75) is 38.5 Å². The number of oxime groups is 1. The summed E-state index contributed by atoms with van der Waals surface area (Å²) in [5.74, 6) is -0.268. The van der Waals surface area contributed by atoms with Gasteiger partial charge >= 0.3 is 5.97 Å². The van der Waals surface area contributed by atoms with Crippen LogP contribution in [-0.2, 0) is 14.4 Å². The van der Waals surface area contributed by atoms with E-state index >= 15 is 0 Å². The molecule has 0 bridgehead atoms. The Hall–Kier alpha value is -1.10. The molecule has 0 aromatic heterocycles. The molecule has 1 saturated heterocycles. The van der Waals surface area contributed by atoms with Gasteiger partial charge in [0.25, 0.3) is 0 Å². The highest BCUT2D eigenvalue weighted by atomic mass is 16.7. The molecule has 2 aliphatic heterocycles. The van der Waals surface area contributed by atoms with E-state index in [0.717, 1.165) is 12.1 Å². The van der Waals surface area contributed by atoms with Gasteiger partial charge in [0, 0.05) is 26.3 Å². The van der Waals surface area contributed by atoms with Crippen molar-refractivity contribution in [3.8, 4) is 0 Å². The van der Waals surface area contributed by atoms with Crippen LogP contribution in [0.15, 0.2) is 5.16 Å². The molecule has 78 valence electrons. The molecule has 5 heteroatoms. The van der Waals surface area contributed by atoms with E-state index in [4.69, 9.17) is 9.57 Å². The summed E-state index contributed by atoms with van der Waals surface area (Å²) in [4.78, 5) is 16.1. The molecule has 2 heterocycles. The minimum Gasteiger partial charge on any atom is -0.447 e. The van der Waals surface area contributed by atoms with E-state index in [1.165, 1.54) is 6.92 Å². The molecule has 1 N–H and O–H groups in total. The summed E-state index contributed by atoms with van der Waals surface area (Å²) in [6, 6.07) is 0. The molecule has 2 atom stereocenters. The number of nitrogens with one attached hydrogen (secondary N) is 1. The van der Waals surface area contributed by atoms with E-state index in [-0.39, 0.29) is 17.8 Å². The Bertz CT molecular complexity index is 290. The fourth-order valence-corrected chi connectivity index (χ4v) is 1.98. The van der Waals surface area contributed by atoms with E-state index in [9.17, 15) is 4.79 Å². The maximum absolute atomic E-state index is 10.7. The molecule has 2 aliphatic rings. The molecule has 5 nitrogen and oxygen atoms in total. The van der Waals surface area contributed by atoms with E-state index in [1.54, 1.807) is 0 Å². The second-order valence-electron chi connectivity index (χ2n) is 3.96. The number of nitrogens with zero attached hydrogens (tertiary/aromatic N) is 1. The Balaban J connectivity index is 1.92. The zero-order chi connectivity index (χ0) is 10.2. The summed E-state index contributed by atoms with van der Waals surface area (Å²) in [7, 11) is 0. The third-order valence-corrected chi connectivity index (χ3v) is 2.49. The maximum Gasteiger partial charge on any atom is 0.304 e. The highest BCUT2D eigenvalue weighted by molar-refractivity contribution is 5.83. The van der Waals surface area contributed by atoms with Crippen molar-refractivity contribution in [3.05, 3.63) is 0 Å². The normalized spacial score (nSPS) is 35.6. The van der Waals surface area contributed by atoms with Crippen LogP contribution in [0, 0.1) is 0 Å². The van der Waals surface area contributed by atoms with Crippen LogP contribution in [0.4, 0.5) is 0 Å².